The molecule has 0 amide bonds. The third-order valence-electron chi connectivity index (χ3n) is 5.32. The van der Waals surface area contributed by atoms with Crippen LogP contribution in [0.1, 0.15) is 25.0 Å². The van der Waals surface area contributed by atoms with Crippen molar-refractivity contribution in [1.82, 2.24) is 0 Å². The predicted molar refractivity (Wildman–Crippen MR) is 92.9 cm³/mol. The molecule has 4 rings (SSSR count). The molecule has 2 aromatic carbocycles. The zero-order valence-electron chi connectivity index (χ0n) is 14.3. The standard InChI is InChI=1S/C21H20O4/c1-3-24-19(22)17-18(20(23)25-4-2)21(17)15-11-7-5-9-13(15)14-10-6-8-12-16(14)21/h5-12,17-18H,3-4H2,1-2H3. The van der Waals surface area contributed by atoms with Crippen molar-refractivity contribution in [3.05, 3.63) is 59.7 Å². The van der Waals surface area contributed by atoms with E-state index in [9.17, 15) is 9.59 Å². The maximum atomic E-state index is 12.7. The summed E-state index contributed by atoms with van der Waals surface area (Å²) in [6.45, 7) is 4.15. The molecule has 4 heteroatoms. The first-order valence-electron chi connectivity index (χ1n) is 8.70. The van der Waals surface area contributed by atoms with Gasteiger partial charge in [-0.2, -0.15) is 0 Å². The molecule has 0 saturated heterocycles. The van der Waals surface area contributed by atoms with Gasteiger partial charge < -0.3 is 9.47 Å². The quantitative estimate of drug-likeness (QED) is 0.804. The first-order valence-corrected chi connectivity index (χ1v) is 8.70. The number of fused-ring (bicyclic) bond motifs is 5. The van der Waals surface area contributed by atoms with Crippen LogP contribution in [-0.2, 0) is 24.5 Å². The highest BCUT2D eigenvalue weighted by Gasteiger charge is 2.76. The second-order valence-electron chi connectivity index (χ2n) is 6.42. The lowest BCUT2D eigenvalue weighted by atomic mass is 9.89. The van der Waals surface area contributed by atoms with Crippen molar-refractivity contribution in [3.63, 3.8) is 0 Å². The molecule has 1 saturated carbocycles. The smallest absolute Gasteiger partial charge is 0.311 e. The molecule has 128 valence electrons. The highest BCUT2D eigenvalue weighted by Crippen LogP contribution is 2.70. The molecule has 2 aromatic rings. The van der Waals surface area contributed by atoms with Crippen LogP contribution in [0.5, 0.6) is 0 Å². The summed E-state index contributed by atoms with van der Waals surface area (Å²) in [6, 6.07) is 16.0. The highest BCUT2D eigenvalue weighted by molar-refractivity contribution is 5.99. The molecule has 2 unspecified atom stereocenters. The summed E-state index contributed by atoms with van der Waals surface area (Å²) in [7, 11) is 0. The van der Waals surface area contributed by atoms with Gasteiger partial charge in [-0.05, 0) is 36.1 Å². The van der Waals surface area contributed by atoms with Crippen molar-refractivity contribution in [2.75, 3.05) is 13.2 Å². The topological polar surface area (TPSA) is 52.6 Å². The van der Waals surface area contributed by atoms with E-state index in [0.29, 0.717) is 13.2 Å². The van der Waals surface area contributed by atoms with E-state index < -0.39 is 17.3 Å². The molecule has 2 atom stereocenters. The van der Waals surface area contributed by atoms with Crippen LogP contribution in [-0.4, -0.2) is 25.2 Å². The van der Waals surface area contributed by atoms with Gasteiger partial charge in [0.2, 0.25) is 0 Å². The number of esters is 2. The summed E-state index contributed by atoms with van der Waals surface area (Å²) in [5, 5.41) is 0. The van der Waals surface area contributed by atoms with Crippen LogP contribution in [0.25, 0.3) is 11.1 Å². The summed E-state index contributed by atoms with van der Waals surface area (Å²) >= 11 is 0. The summed E-state index contributed by atoms with van der Waals surface area (Å²) in [5.41, 5.74) is 3.55. The Bertz CT molecular complexity index is 783. The minimum Gasteiger partial charge on any atom is -0.466 e. The predicted octanol–water partition coefficient (Wildman–Crippen LogP) is 3.33. The van der Waals surface area contributed by atoms with Gasteiger partial charge >= 0.3 is 11.9 Å². The first kappa shape index (κ1) is 15.9. The van der Waals surface area contributed by atoms with Crippen molar-refractivity contribution < 1.29 is 19.1 Å². The van der Waals surface area contributed by atoms with Crippen molar-refractivity contribution in [1.29, 1.82) is 0 Å². The Labute approximate surface area is 146 Å². The SMILES string of the molecule is CCOC(=O)C1C(C(=O)OCC)C12c1ccccc1-c1ccccc12. The molecule has 0 aromatic heterocycles. The Hall–Kier alpha value is -2.62. The second-order valence-corrected chi connectivity index (χ2v) is 6.42. The summed E-state index contributed by atoms with van der Waals surface area (Å²) in [6.07, 6.45) is 0. The molecule has 2 aliphatic rings. The van der Waals surface area contributed by atoms with E-state index in [0.717, 1.165) is 22.3 Å². The number of hydrogen-bond acceptors (Lipinski definition) is 4. The molecule has 1 spiro atoms. The van der Waals surface area contributed by atoms with Crippen LogP contribution < -0.4 is 0 Å². The lowest BCUT2D eigenvalue weighted by Gasteiger charge is -2.14. The first-order chi connectivity index (χ1) is 12.2. The largest absolute Gasteiger partial charge is 0.466 e. The van der Waals surface area contributed by atoms with Gasteiger partial charge in [0.25, 0.3) is 0 Å². The van der Waals surface area contributed by atoms with Crippen molar-refractivity contribution in [2.24, 2.45) is 11.8 Å². The molecule has 2 aliphatic carbocycles. The Kier molecular flexibility index (Phi) is 3.64. The molecule has 0 heterocycles. The van der Waals surface area contributed by atoms with Gasteiger partial charge in [-0.3, -0.25) is 9.59 Å². The van der Waals surface area contributed by atoms with Crippen molar-refractivity contribution in [2.45, 2.75) is 19.3 Å². The van der Waals surface area contributed by atoms with E-state index in [-0.39, 0.29) is 11.9 Å². The van der Waals surface area contributed by atoms with Gasteiger partial charge in [0.05, 0.1) is 25.0 Å². The third-order valence-corrected chi connectivity index (χ3v) is 5.32. The van der Waals surface area contributed by atoms with E-state index in [1.165, 1.54) is 0 Å². The number of rotatable bonds is 4. The fourth-order valence-corrected chi connectivity index (χ4v) is 4.47. The van der Waals surface area contributed by atoms with Crippen LogP contribution in [0.3, 0.4) is 0 Å². The third kappa shape index (κ3) is 2.00. The van der Waals surface area contributed by atoms with E-state index in [1.54, 1.807) is 13.8 Å². The summed E-state index contributed by atoms with van der Waals surface area (Å²) < 4.78 is 10.6. The lowest BCUT2D eigenvalue weighted by molar-refractivity contribution is -0.150. The van der Waals surface area contributed by atoms with Gasteiger partial charge in [-0.25, -0.2) is 0 Å². The zero-order valence-corrected chi connectivity index (χ0v) is 14.3. The van der Waals surface area contributed by atoms with Crippen LogP contribution in [0, 0.1) is 11.8 Å². The molecule has 0 N–H and O–H groups in total. The molecule has 25 heavy (non-hydrogen) atoms. The van der Waals surface area contributed by atoms with E-state index >= 15 is 0 Å². The number of carbonyl (C=O) groups excluding carboxylic acids is 2. The van der Waals surface area contributed by atoms with Crippen LogP contribution in [0.15, 0.2) is 48.5 Å². The minimum absolute atomic E-state index is 0.296. The van der Waals surface area contributed by atoms with Gasteiger partial charge in [0.15, 0.2) is 0 Å². The number of ether oxygens (including phenoxy) is 2. The van der Waals surface area contributed by atoms with Gasteiger partial charge in [-0.1, -0.05) is 48.5 Å². The van der Waals surface area contributed by atoms with Gasteiger partial charge in [0.1, 0.15) is 0 Å². The van der Waals surface area contributed by atoms with E-state index in [1.807, 2.05) is 48.5 Å². The fraction of sp³-hybridized carbons (Fsp3) is 0.333. The Morgan fingerprint density at radius 3 is 1.60 bits per heavy atom. The minimum atomic E-state index is -0.661. The number of hydrogen-bond donors (Lipinski definition) is 0. The second kappa shape index (κ2) is 5.73. The monoisotopic (exact) mass is 336 g/mol. The van der Waals surface area contributed by atoms with Crippen LogP contribution >= 0.6 is 0 Å². The molecule has 0 radical (unpaired) electrons. The molecule has 0 aliphatic heterocycles. The molecular weight excluding hydrogens is 316 g/mol. The summed E-state index contributed by atoms with van der Waals surface area (Å²) in [5.74, 6) is -1.72. The molecule has 1 fully saturated rings. The summed E-state index contributed by atoms with van der Waals surface area (Å²) in [4.78, 5) is 25.4. The van der Waals surface area contributed by atoms with E-state index in [4.69, 9.17) is 9.47 Å². The Balaban J connectivity index is 1.92. The van der Waals surface area contributed by atoms with Gasteiger partial charge in [0, 0.05) is 5.41 Å². The fourth-order valence-electron chi connectivity index (χ4n) is 4.47. The Morgan fingerprint density at radius 1 is 0.800 bits per heavy atom. The van der Waals surface area contributed by atoms with E-state index in [2.05, 4.69) is 0 Å². The maximum Gasteiger partial charge on any atom is 0.311 e. The Morgan fingerprint density at radius 2 is 1.20 bits per heavy atom. The zero-order chi connectivity index (χ0) is 17.6. The lowest BCUT2D eigenvalue weighted by Crippen LogP contribution is -2.17. The van der Waals surface area contributed by atoms with Crippen molar-refractivity contribution in [3.8, 4) is 11.1 Å². The normalized spacial score (nSPS) is 21.4. The van der Waals surface area contributed by atoms with Crippen LogP contribution in [0.2, 0.25) is 0 Å². The average molecular weight is 336 g/mol. The number of carbonyl (C=O) groups is 2. The average Bonchev–Trinajstić information content (AvgIpc) is 3.25. The van der Waals surface area contributed by atoms with Crippen LogP contribution in [0.4, 0.5) is 0 Å². The maximum absolute atomic E-state index is 12.7. The molecular formula is C21H20O4. The number of benzene rings is 2. The van der Waals surface area contributed by atoms with Crippen molar-refractivity contribution >= 4 is 11.9 Å². The molecule has 4 nitrogen and oxygen atoms in total. The molecule has 0 bridgehead atoms. The highest BCUT2D eigenvalue weighted by atomic mass is 16.5. The van der Waals surface area contributed by atoms with Gasteiger partial charge in [-0.15, -0.1) is 0 Å².